The summed E-state index contributed by atoms with van der Waals surface area (Å²) in [7, 11) is 0. The lowest BCUT2D eigenvalue weighted by Gasteiger charge is -2.27. The third-order valence-corrected chi connectivity index (χ3v) is 5.34. The first-order valence-electron chi connectivity index (χ1n) is 9.50. The zero-order chi connectivity index (χ0) is 19.3. The fourth-order valence-electron chi connectivity index (χ4n) is 3.84. The minimum absolute atomic E-state index is 0.00111. The number of aliphatic carboxylic acids is 1. The molecule has 3 rings (SSSR count). The first-order chi connectivity index (χ1) is 13.0. The van der Waals surface area contributed by atoms with Gasteiger partial charge in [0.2, 0.25) is 5.91 Å². The first kappa shape index (κ1) is 19.4. The Morgan fingerprint density at radius 2 is 1.96 bits per heavy atom. The summed E-state index contributed by atoms with van der Waals surface area (Å²) in [5.74, 6) is -1.31. The smallest absolute Gasteiger partial charge is 0.305 e. The molecule has 7 heteroatoms. The van der Waals surface area contributed by atoms with E-state index in [1.165, 1.54) is 6.42 Å². The number of rotatable bonds is 6. The highest BCUT2D eigenvalue weighted by atomic mass is 16.5. The summed E-state index contributed by atoms with van der Waals surface area (Å²) in [6.07, 6.45) is 5.43. The maximum Gasteiger partial charge on any atom is 0.305 e. The average molecular weight is 374 g/mol. The Morgan fingerprint density at radius 3 is 2.63 bits per heavy atom. The normalized spacial score (nSPS) is 23.0. The zero-order valence-electron chi connectivity index (χ0n) is 15.3. The predicted octanol–water partition coefficient (Wildman–Crippen LogP) is 2.57. The van der Waals surface area contributed by atoms with Crippen molar-refractivity contribution in [2.24, 2.45) is 5.92 Å². The highest BCUT2D eigenvalue weighted by Crippen LogP contribution is 2.26. The predicted molar refractivity (Wildman–Crippen MR) is 99.5 cm³/mol. The van der Waals surface area contributed by atoms with Gasteiger partial charge in [0.05, 0.1) is 18.6 Å². The Balaban J connectivity index is 1.66. The molecule has 7 nitrogen and oxygen atoms in total. The molecule has 0 aromatic heterocycles. The summed E-state index contributed by atoms with van der Waals surface area (Å²) < 4.78 is 5.31. The quantitative estimate of drug-likeness (QED) is 0.710. The van der Waals surface area contributed by atoms with E-state index in [1.807, 2.05) is 0 Å². The van der Waals surface area contributed by atoms with Crippen molar-refractivity contribution in [2.45, 2.75) is 50.5 Å². The number of ether oxygens (including phenoxy) is 1. The highest BCUT2D eigenvalue weighted by Gasteiger charge is 2.38. The van der Waals surface area contributed by atoms with Gasteiger partial charge in [-0.15, -0.1) is 0 Å². The van der Waals surface area contributed by atoms with Crippen LogP contribution in [0.4, 0.5) is 5.69 Å². The summed E-state index contributed by atoms with van der Waals surface area (Å²) >= 11 is 0. The molecule has 1 unspecified atom stereocenters. The molecule has 1 atom stereocenters. The lowest BCUT2D eigenvalue weighted by Crippen LogP contribution is -2.50. The maximum atomic E-state index is 12.7. The van der Waals surface area contributed by atoms with Crippen LogP contribution in [0.15, 0.2) is 24.3 Å². The Hall–Kier alpha value is -2.41. The summed E-state index contributed by atoms with van der Waals surface area (Å²) in [6, 6.07) is 6.74. The van der Waals surface area contributed by atoms with Crippen LogP contribution in [-0.2, 0) is 14.3 Å². The standard InChI is InChI=1S/C20H26N2O5/c23-17(24)12-20(9-10-27-13-20)22-19(26)15-7-4-8-16(11-15)21-18(25)14-5-2-1-3-6-14/h4,7-8,11,14H,1-3,5-6,9-10,12-13H2,(H,21,25)(H,22,26)(H,23,24). The third kappa shape index (κ3) is 5.07. The van der Waals surface area contributed by atoms with Gasteiger partial charge in [-0.05, 0) is 37.5 Å². The molecule has 1 saturated heterocycles. The summed E-state index contributed by atoms with van der Waals surface area (Å²) in [4.78, 5) is 36.2. The number of carbonyl (C=O) groups is 3. The zero-order valence-corrected chi connectivity index (χ0v) is 15.3. The van der Waals surface area contributed by atoms with Gasteiger partial charge in [0.15, 0.2) is 0 Å². The second kappa shape index (κ2) is 8.52. The van der Waals surface area contributed by atoms with E-state index in [2.05, 4.69) is 10.6 Å². The number of benzene rings is 1. The number of amides is 2. The third-order valence-electron chi connectivity index (χ3n) is 5.34. The first-order valence-corrected chi connectivity index (χ1v) is 9.50. The van der Waals surface area contributed by atoms with Crippen molar-refractivity contribution in [3.63, 3.8) is 0 Å². The highest BCUT2D eigenvalue weighted by molar-refractivity contribution is 5.98. The van der Waals surface area contributed by atoms with Gasteiger partial charge in [-0.25, -0.2) is 0 Å². The molecule has 1 saturated carbocycles. The van der Waals surface area contributed by atoms with E-state index in [-0.39, 0.29) is 30.8 Å². The Morgan fingerprint density at radius 1 is 1.19 bits per heavy atom. The molecule has 0 bridgehead atoms. The van der Waals surface area contributed by atoms with Crippen molar-refractivity contribution in [3.8, 4) is 0 Å². The summed E-state index contributed by atoms with van der Waals surface area (Å²) in [6.45, 7) is 0.605. The molecule has 1 heterocycles. The number of hydrogen-bond acceptors (Lipinski definition) is 4. The molecule has 1 aromatic carbocycles. The van der Waals surface area contributed by atoms with Crippen LogP contribution in [0.2, 0.25) is 0 Å². The van der Waals surface area contributed by atoms with Crippen molar-refractivity contribution >= 4 is 23.5 Å². The molecule has 27 heavy (non-hydrogen) atoms. The molecule has 2 aliphatic rings. The van der Waals surface area contributed by atoms with E-state index >= 15 is 0 Å². The van der Waals surface area contributed by atoms with Crippen molar-refractivity contribution in [1.82, 2.24) is 5.32 Å². The SMILES string of the molecule is O=C(O)CC1(NC(=O)c2cccc(NC(=O)C3CCCCC3)c2)CCOC1. The van der Waals surface area contributed by atoms with Gasteiger partial charge in [0, 0.05) is 23.8 Å². The second-order valence-electron chi connectivity index (χ2n) is 7.51. The Kier molecular flexibility index (Phi) is 6.11. The fourth-order valence-corrected chi connectivity index (χ4v) is 3.84. The van der Waals surface area contributed by atoms with Crippen molar-refractivity contribution in [3.05, 3.63) is 29.8 Å². The number of carboxylic acid groups (broad SMARTS) is 1. The topological polar surface area (TPSA) is 105 Å². The van der Waals surface area contributed by atoms with Crippen LogP contribution in [0.1, 0.15) is 55.3 Å². The van der Waals surface area contributed by atoms with Crippen molar-refractivity contribution < 1.29 is 24.2 Å². The van der Waals surface area contributed by atoms with Gasteiger partial charge < -0.3 is 20.5 Å². The van der Waals surface area contributed by atoms with Gasteiger partial charge in [-0.1, -0.05) is 25.3 Å². The molecule has 3 N–H and O–H groups in total. The van der Waals surface area contributed by atoms with Crippen molar-refractivity contribution in [2.75, 3.05) is 18.5 Å². The number of nitrogens with one attached hydrogen (secondary N) is 2. The van der Waals surface area contributed by atoms with E-state index < -0.39 is 11.5 Å². The van der Waals surface area contributed by atoms with Crippen LogP contribution < -0.4 is 10.6 Å². The molecule has 146 valence electrons. The number of carboxylic acids is 1. The maximum absolute atomic E-state index is 12.7. The summed E-state index contributed by atoms with van der Waals surface area (Å²) in [5, 5.41) is 14.9. The van der Waals surface area contributed by atoms with E-state index in [9.17, 15) is 14.4 Å². The molecule has 0 radical (unpaired) electrons. The number of anilines is 1. The molecule has 1 aliphatic heterocycles. The van der Waals surface area contributed by atoms with Crippen LogP contribution in [0.5, 0.6) is 0 Å². The van der Waals surface area contributed by atoms with Gasteiger partial charge in [0.1, 0.15) is 0 Å². The van der Waals surface area contributed by atoms with E-state index in [0.29, 0.717) is 24.3 Å². The molecule has 1 aromatic rings. The monoisotopic (exact) mass is 374 g/mol. The average Bonchev–Trinajstić information content (AvgIpc) is 3.09. The summed E-state index contributed by atoms with van der Waals surface area (Å²) in [5.41, 5.74) is 0.0749. The van der Waals surface area contributed by atoms with Gasteiger partial charge >= 0.3 is 5.97 Å². The number of hydrogen-bond donors (Lipinski definition) is 3. The van der Waals surface area contributed by atoms with Gasteiger partial charge in [-0.2, -0.15) is 0 Å². The number of carbonyl (C=O) groups excluding carboxylic acids is 2. The van der Waals surface area contributed by atoms with Gasteiger partial charge in [0.25, 0.3) is 5.91 Å². The molecular formula is C20H26N2O5. The van der Waals surface area contributed by atoms with Gasteiger partial charge in [-0.3, -0.25) is 14.4 Å². The van der Waals surface area contributed by atoms with Crippen LogP contribution >= 0.6 is 0 Å². The second-order valence-corrected chi connectivity index (χ2v) is 7.51. The molecule has 1 aliphatic carbocycles. The molecule has 2 fully saturated rings. The fraction of sp³-hybridized carbons (Fsp3) is 0.550. The molecular weight excluding hydrogens is 348 g/mol. The minimum atomic E-state index is -0.978. The van der Waals surface area contributed by atoms with E-state index in [4.69, 9.17) is 9.84 Å². The largest absolute Gasteiger partial charge is 0.481 e. The molecule has 0 spiro atoms. The molecule has 2 amide bonds. The van der Waals surface area contributed by atoms with E-state index in [0.717, 1.165) is 25.7 Å². The van der Waals surface area contributed by atoms with Crippen LogP contribution in [-0.4, -0.2) is 41.6 Å². The van der Waals surface area contributed by atoms with Crippen LogP contribution in [0, 0.1) is 5.92 Å². The lowest BCUT2D eigenvalue weighted by molar-refractivity contribution is -0.138. The Labute approximate surface area is 158 Å². The van der Waals surface area contributed by atoms with Crippen LogP contribution in [0.3, 0.4) is 0 Å². The van der Waals surface area contributed by atoms with Crippen molar-refractivity contribution in [1.29, 1.82) is 0 Å². The van der Waals surface area contributed by atoms with E-state index in [1.54, 1.807) is 24.3 Å². The van der Waals surface area contributed by atoms with Crippen LogP contribution in [0.25, 0.3) is 0 Å². The Bertz CT molecular complexity index is 706. The lowest BCUT2D eigenvalue weighted by atomic mass is 9.88. The minimum Gasteiger partial charge on any atom is -0.481 e.